The highest BCUT2D eigenvalue weighted by atomic mass is 35.5. The Hall–Kier alpha value is -1.81. The zero-order chi connectivity index (χ0) is 13.3. The molecule has 0 radical (unpaired) electrons. The van der Waals surface area contributed by atoms with Crippen LogP contribution in [-0.4, -0.2) is 15.5 Å². The van der Waals surface area contributed by atoms with Gasteiger partial charge in [-0.15, -0.1) is 0 Å². The molecule has 1 heterocycles. The number of amides is 1. The SMILES string of the molecule is Cc1ncn(Cc2ccc(C(N)=O)cc2Cl)c1C. The molecule has 0 saturated carbocycles. The van der Waals surface area contributed by atoms with Crippen LogP contribution in [0.4, 0.5) is 0 Å². The number of rotatable bonds is 3. The molecule has 0 aliphatic heterocycles. The Morgan fingerprint density at radius 1 is 1.44 bits per heavy atom. The largest absolute Gasteiger partial charge is 0.366 e. The molecule has 2 aromatic rings. The molecule has 2 N–H and O–H groups in total. The summed E-state index contributed by atoms with van der Waals surface area (Å²) in [7, 11) is 0. The number of carbonyl (C=O) groups excluding carboxylic acids is 1. The predicted molar refractivity (Wildman–Crippen MR) is 70.8 cm³/mol. The zero-order valence-corrected chi connectivity index (χ0v) is 11.0. The summed E-state index contributed by atoms with van der Waals surface area (Å²) < 4.78 is 2.01. The Bertz CT molecular complexity index is 604. The molecule has 0 saturated heterocycles. The molecule has 5 heteroatoms. The topological polar surface area (TPSA) is 60.9 Å². The number of nitrogens with zero attached hydrogens (tertiary/aromatic N) is 2. The molecule has 0 atom stereocenters. The van der Waals surface area contributed by atoms with Crippen molar-refractivity contribution < 1.29 is 4.79 Å². The van der Waals surface area contributed by atoms with Gasteiger partial charge < -0.3 is 10.3 Å². The minimum atomic E-state index is -0.474. The summed E-state index contributed by atoms with van der Waals surface area (Å²) in [6.07, 6.45) is 1.78. The van der Waals surface area contributed by atoms with E-state index >= 15 is 0 Å². The van der Waals surface area contributed by atoms with Gasteiger partial charge in [-0.25, -0.2) is 4.98 Å². The van der Waals surface area contributed by atoms with Crippen LogP contribution in [0.3, 0.4) is 0 Å². The van der Waals surface area contributed by atoms with Gasteiger partial charge in [0.2, 0.25) is 5.91 Å². The predicted octanol–water partition coefficient (Wildman–Crippen LogP) is 2.30. The lowest BCUT2D eigenvalue weighted by atomic mass is 10.1. The van der Waals surface area contributed by atoms with E-state index in [0.29, 0.717) is 17.1 Å². The third-order valence-electron chi connectivity index (χ3n) is 3.02. The fraction of sp³-hybridized carbons (Fsp3) is 0.231. The maximum Gasteiger partial charge on any atom is 0.248 e. The maximum absolute atomic E-state index is 11.0. The molecule has 0 unspecified atom stereocenters. The molecule has 1 aromatic carbocycles. The average molecular weight is 264 g/mol. The van der Waals surface area contributed by atoms with E-state index in [2.05, 4.69) is 4.98 Å². The Morgan fingerprint density at radius 3 is 2.67 bits per heavy atom. The highest BCUT2D eigenvalue weighted by molar-refractivity contribution is 6.31. The number of hydrogen-bond acceptors (Lipinski definition) is 2. The van der Waals surface area contributed by atoms with E-state index in [4.69, 9.17) is 17.3 Å². The van der Waals surface area contributed by atoms with Crippen LogP contribution < -0.4 is 5.73 Å². The van der Waals surface area contributed by atoms with Gasteiger partial charge in [-0.1, -0.05) is 17.7 Å². The second-order valence-corrected chi connectivity index (χ2v) is 4.62. The number of benzene rings is 1. The van der Waals surface area contributed by atoms with Crippen LogP contribution in [-0.2, 0) is 6.54 Å². The van der Waals surface area contributed by atoms with E-state index in [-0.39, 0.29) is 0 Å². The number of carbonyl (C=O) groups is 1. The molecule has 0 bridgehead atoms. The molecule has 0 spiro atoms. The van der Waals surface area contributed by atoms with Gasteiger partial charge in [0.15, 0.2) is 0 Å². The van der Waals surface area contributed by atoms with Gasteiger partial charge in [-0.05, 0) is 31.5 Å². The smallest absolute Gasteiger partial charge is 0.248 e. The molecular formula is C13H14ClN3O. The number of primary amides is 1. The monoisotopic (exact) mass is 263 g/mol. The summed E-state index contributed by atoms with van der Waals surface area (Å²) in [6, 6.07) is 5.10. The van der Waals surface area contributed by atoms with Crippen molar-refractivity contribution in [3.63, 3.8) is 0 Å². The fourth-order valence-electron chi connectivity index (χ4n) is 1.72. The van der Waals surface area contributed by atoms with Crippen molar-refractivity contribution in [3.8, 4) is 0 Å². The zero-order valence-electron chi connectivity index (χ0n) is 10.3. The highest BCUT2D eigenvalue weighted by Crippen LogP contribution is 2.20. The van der Waals surface area contributed by atoms with Gasteiger partial charge in [-0.2, -0.15) is 0 Å². The first-order valence-electron chi connectivity index (χ1n) is 5.55. The van der Waals surface area contributed by atoms with Crippen LogP contribution in [0.15, 0.2) is 24.5 Å². The van der Waals surface area contributed by atoms with Crippen LogP contribution in [0.5, 0.6) is 0 Å². The lowest BCUT2D eigenvalue weighted by Crippen LogP contribution is -2.11. The van der Waals surface area contributed by atoms with Crippen molar-refractivity contribution in [2.75, 3.05) is 0 Å². The van der Waals surface area contributed by atoms with Crippen LogP contribution >= 0.6 is 11.6 Å². The summed E-state index contributed by atoms with van der Waals surface area (Å²) in [4.78, 5) is 15.3. The summed E-state index contributed by atoms with van der Waals surface area (Å²) >= 11 is 6.14. The Labute approximate surface area is 110 Å². The highest BCUT2D eigenvalue weighted by Gasteiger charge is 2.08. The lowest BCUT2D eigenvalue weighted by molar-refractivity contribution is 0.100. The van der Waals surface area contributed by atoms with Crippen LogP contribution in [0, 0.1) is 13.8 Å². The van der Waals surface area contributed by atoms with E-state index in [1.54, 1.807) is 18.5 Å². The second kappa shape index (κ2) is 4.82. The molecule has 0 aliphatic rings. The second-order valence-electron chi connectivity index (χ2n) is 4.21. The molecular weight excluding hydrogens is 250 g/mol. The van der Waals surface area contributed by atoms with Gasteiger partial charge in [0.25, 0.3) is 0 Å². The van der Waals surface area contributed by atoms with Gasteiger partial charge in [0, 0.05) is 16.3 Å². The van der Waals surface area contributed by atoms with Crippen molar-refractivity contribution in [3.05, 3.63) is 52.1 Å². The Morgan fingerprint density at radius 2 is 2.17 bits per heavy atom. The molecule has 0 aliphatic carbocycles. The number of hydrogen-bond donors (Lipinski definition) is 1. The fourth-order valence-corrected chi connectivity index (χ4v) is 1.96. The van der Waals surface area contributed by atoms with E-state index in [9.17, 15) is 4.79 Å². The van der Waals surface area contributed by atoms with Gasteiger partial charge >= 0.3 is 0 Å². The first-order chi connectivity index (χ1) is 8.49. The van der Waals surface area contributed by atoms with Crippen molar-refractivity contribution in [1.82, 2.24) is 9.55 Å². The minimum Gasteiger partial charge on any atom is -0.366 e. The van der Waals surface area contributed by atoms with E-state index in [1.165, 1.54) is 0 Å². The lowest BCUT2D eigenvalue weighted by Gasteiger charge is -2.08. The summed E-state index contributed by atoms with van der Waals surface area (Å²) in [6.45, 7) is 4.60. The minimum absolute atomic E-state index is 0.419. The molecule has 18 heavy (non-hydrogen) atoms. The molecule has 1 aromatic heterocycles. The standard InChI is InChI=1S/C13H14ClN3O/c1-8-9(2)17(7-16-8)6-11-4-3-10(13(15)18)5-12(11)14/h3-5,7H,6H2,1-2H3,(H2,15,18). The Balaban J connectivity index is 2.30. The summed E-state index contributed by atoms with van der Waals surface area (Å²) in [5.41, 5.74) is 8.65. The van der Waals surface area contributed by atoms with Crippen molar-refractivity contribution in [2.24, 2.45) is 5.73 Å². The first kappa shape index (κ1) is 12.6. The van der Waals surface area contributed by atoms with E-state index in [0.717, 1.165) is 17.0 Å². The number of aromatic nitrogens is 2. The van der Waals surface area contributed by atoms with Crippen molar-refractivity contribution in [2.45, 2.75) is 20.4 Å². The number of halogens is 1. The molecule has 1 amide bonds. The third kappa shape index (κ3) is 2.38. The quantitative estimate of drug-likeness (QED) is 0.924. The van der Waals surface area contributed by atoms with E-state index in [1.807, 2.05) is 24.5 Å². The van der Waals surface area contributed by atoms with Gasteiger partial charge in [0.05, 0.1) is 18.6 Å². The average Bonchev–Trinajstić information content (AvgIpc) is 2.63. The third-order valence-corrected chi connectivity index (χ3v) is 3.38. The van der Waals surface area contributed by atoms with Crippen LogP contribution in [0.1, 0.15) is 27.3 Å². The molecule has 0 fully saturated rings. The Kier molecular flexibility index (Phi) is 3.39. The van der Waals surface area contributed by atoms with Crippen LogP contribution in [0.25, 0.3) is 0 Å². The normalized spacial score (nSPS) is 10.6. The number of nitrogens with two attached hydrogens (primary N) is 1. The summed E-state index contributed by atoms with van der Waals surface area (Å²) in [5, 5.41) is 0.539. The number of aryl methyl sites for hydroxylation is 1. The maximum atomic E-state index is 11.0. The molecule has 94 valence electrons. The van der Waals surface area contributed by atoms with E-state index < -0.39 is 5.91 Å². The van der Waals surface area contributed by atoms with Gasteiger partial charge in [0.1, 0.15) is 0 Å². The molecule has 2 rings (SSSR count). The first-order valence-corrected chi connectivity index (χ1v) is 5.93. The van der Waals surface area contributed by atoms with Crippen molar-refractivity contribution >= 4 is 17.5 Å². The van der Waals surface area contributed by atoms with Crippen molar-refractivity contribution in [1.29, 1.82) is 0 Å². The van der Waals surface area contributed by atoms with Crippen LogP contribution in [0.2, 0.25) is 5.02 Å². The summed E-state index contributed by atoms with van der Waals surface area (Å²) in [5.74, 6) is -0.474. The van der Waals surface area contributed by atoms with Gasteiger partial charge in [-0.3, -0.25) is 4.79 Å². The number of imidazole rings is 1. The molecule has 4 nitrogen and oxygen atoms in total.